The van der Waals surface area contributed by atoms with Crippen LogP contribution in [0, 0.1) is 0 Å². The van der Waals surface area contributed by atoms with E-state index in [1.54, 1.807) is 4.90 Å². The van der Waals surface area contributed by atoms with Gasteiger partial charge in [-0.1, -0.05) is 12.1 Å². The van der Waals surface area contributed by atoms with Crippen molar-refractivity contribution in [3.63, 3.8) is 0 Å². The van der Waals surface area contributed by atoms with Crippen LogP contribution in [0.3, 0.4) is 0 Å². The quantitative estimate of drug-likeness (QED) is 0.331. The molecule has 3 aliphatic rings. The number of Topliss-reactive ketones (excluding diaryl/α,β-unsaturated/α-hetero) is 1. The van der Waals surface area contributed by atoms with Crippen LogP contribution in [0.1, 0.15) is 62.4 Å². The number of carbonyl (C=O) groups is 4. The molecular formula is C27H25F3N2O9. The van der Waals surface area contributed by atoms with Gasteiger partial charge < -0.3 is 30.1 Å². The van der Waals surface area contributed by atoms with Gasteiger partial charge in [0, 0.05) is 55.7 Å². The monoisotopic (exact) mass is 578 g/mol. The van der Waals surface area contributed by atoms with E-state index in [0.717, 1.165) is 6.92 Å². The van der Waals surface area contributed by atoms with Crippen molar-refractivity contribution in [2.45, 2.75) is 37.6 Å². The lowest BCUT2D eigenvalue weighted by atomic mass is 9.72. The molecule has 1 aliphatic heterocycles. The SMILES string of the molecule is CC(=O)C1(O)Cc2c(O)c3c(c(O)c2C(O)C1)C(=O)c1c(OCN2CCN(C(=O)C(F)(F)F)CC2)cccc1C3=O. The van der Waals surface area contributed by atoms with Crippen molar-refractivity contribution >= 4 is 23.3 Å². The largest absolute Gasteiger partial charge is 0.507 e. The maximum Gasteiger partial charge on any atom is 0.471 e. The highest BCUT2D eigenvalue weighted by Crippen LogP contribution is 2.51. The number of rotatable bonds is 4. The Morgan fingerprint density at radius 1 is 1.02 bits per heavy atom. The van der Waals surface area contributed by atoms with E-state index in [1.807, 2.05) is 0 Å². The standard InChI is InChI=1S/C27H25F3N2O9/c1-12(33)26(40)9-14-17(15(34)10-26)23(37)20-19(22(14)36)21(35)13-3-2-4-16(18(13)24(20)38)41-11-31-5-7-32(8-6-31)25(39)27(28,29)30/h2-4,15,34,36-37,40H,5-11H2,1H3. The molecule has 0 radical (unpaired) electrons. The third-order valence-corrected chi connectivity index (χ3v) is 7.84. The molecule has 0 spiro atoms. The number of ketones is 3. The molecule has 1 fully saturated rings. The predicted molar refractivity (Wildman–Crippen MR) is 132 cm³/mol. The van der Waals surface area contributed by atoms with Gasteiger partial charge in [-0.2, -0.15) is 13.2 Å². The highest BCUT2D eigenvalue weighted by Gasteiger charge is 2.47. The van der Waals surface area contributed by atoms with Crippen LogP contribution in [-0.2, 0) is 16.0 Å². The number of alkyl halides is 3. The molecule has 1 saturated heterocycles. The number of hydrogen-bond donors (Lipinski definition) is 4. The first-order valence-electron chi connectivity index (χ1n) is 12.6. The lowest BCUT2D eigenvalue weighted by molar-refractivity contribution is -0.187. The van der Waals surface area contributed by atoms with Gasteiger partial charge in [0.2, 0.25) is 5.78 Å². The summed E-state index contributed by atoms with van der Waals surface area (Å²) in [5.74, 6) is -5.94. The van der Waals surface area contributed by atoms with Crippen molar-refractivity contribution in [1.82, 2.24) is 9.80 Å². The fraction of sp³-hybridized carbons (Fsp3) is 0.407. The second-order valence-electron chi connectivity index (χ2n) is 10.3. The fourth-order valence-corrected chi connectivity index (χ4v) is 5.58. The van der Waals surface area contributed by atoms with E-state index in [2.05, 4.69) is 0 Å². The average Bonchev–Trinajstić information content (AvgIpc) is 2.91. The average molecular weight is 578 g/mol. The summed E-state index contributed by atoms with van der Waals surface area (Å²) in [6, 6.07) is 4.11. The van der Waals surface area contributed by atoms with Gasteiger partial charge >= 0.3 is 12.1 Å². The molecular weight excluding hydrogens is 553 g/mol. The molecule has 1 heterocycles. The summed E-state index contributed by atoms with van der Waals surface area (Å²) in [7, 11) is 0. The predicted octanol–water partition coefficient (Wildman–Crippen LogP) is 1.22. The number of fused-ring (bicyclic) bond motifs is 3. The van der Waals surface area contributed by atoms with E-state index in [4.69, 9.17) is 4.74 Å². The van der Waals surface area contributed by atoms with E-state index in [1.165, 1.54) is 18.2 Å². The van der Waals surface area contributed by atoms with Gasteiger partial charge in [0.15, 0.2) is 11.6 Å². The van der Waals surface area contributed by atoms with Crippen molar-refractivity contribution in [3.8, 4) is 17.2 Å². The van der Waals surface area contributed by atoms with Gasteiger partial charge in [0.25, 0.3) is 0 Å². The number of ether oxygens (including phenoxy) is 1. The van der Waals surface area contributed by atoms with E-state index in [9.17, 15) is 52.8 Å². The smallest absolute Gasteiger partial charge is 0.471 e. The number of aliphatic hydroxyl groups is 2. The first kappa shape index (κ1) is 28.5. The molecule has 2 aromatic carbocycles. The van der Waals surface area contributed by atoms with E-state index in [-0.39, 0.29) is 60.9 Å². The van der Waals surface area contributed by atoms with Crippen molar-refractivity contribution in [2.75, 3.05) is 32.9 Å². The molecule has 0 saturated carbocycles. The number of carbonyl (C=O) groups excluding carboxylic acids is 4. The second kappa shape index (κ2) is 9.82. The van der Waals surface area contributed by atoms with Gasteiger partial charge in [0.05, 0.1) is 22.8 Å². The summed E-state index contributed by atoms with van der Waals surface area (Å²) in [5.41, 5.74) is -4.05. The molecule has 5 rings (SSSR count). The van der Waals surface area contributed by atoms with Crippen LogP contribution in [-0.4, -0.2) is 98.2 Å². The third kappa shape index (κ3) is 4.61. The molecule has 0 bridgehead atoms. The van der Waals surface area contributed by atoms with E-state index < -0.39 is 76.6 Å². The molecule has 41 heavy (non-hydrogen) atoms. The number of piperazine rings is 1. The normalized spacial score (nSPS) is 22.6. The molecule has 14 heteroatoms. The van der Waals surface area contributed by atoms with E-state index in [0.29, 0.717) is 4.90 Å². The highest BCUT2D eigenvalue weighted by atomic mass is 19.4. The number of hydrogen-bond acceptors (Lipinski definition) is 10. The summed E-state index contributed by atoms with van der Waals surface area (Å²) in [5, 5.41) is 43.5. The Kier molecular flexibility index (Phi) is 6.83. The molecule has 2 unspecified atom stereocenters. The van der Waals surface area contributed by atoms with Crippen LogP contribution >= 0.6 is 0 Å². The summed E-state index contributed by atoms with van der Waals surface area (Å²) >= 11 is 0. The zero-order chi connectivity index (χ0) is 30.0. The Labute approximate surface area is 230 Å². The van der Waals surface area contributed by atoms with Crippen molar-refractivity contribution in [3.05, 3.63) is 51.6 Å². The van der Waals surface area contributed by atoms with Crippen LogP contribution in [0.5, 0.6) is 17.2 Å². The summed E-state index contributed by atoms with van der Waals surface area (Å²) in [4.78, 5) is 53.0. The van der Waals surface area contributed by atoms with Gasteiger partial charge in [0.1, 0.15) is 29.6 Å². The Morgan fingerprint density at radius 3 is 2.27 bits per heavy atom. The maximum atomic E-state index is 13.7. The zero-order valence-corrected chi connectivity index (χ0v) is 21.6. The highest BCUT2D eigenvalue weighted by molar-refractivity contribution is 6.31. The van der Waals surface area contributed by atoms with Crippen molar-refractivity contribution in [2.24, 2.45) is 0 Å². The molecule has 218 valence electrons. The Morgan fingerprint density at radius 2 is 1.66 bits per heavy atom. The third-order valence-electron chi connectivity index (χ3n) is 7.84. The number of aliphatic hydroxyl groups excluding tert-OH is 1. The summed E-state index contributed by atoms with van der Waals surface area (Å²) in [6.45, 7) is 0.622. The first-order chi connectivity index (χ1) is 19.2. The molecule has 11 nitrogen and oxygen atoms in total. The fourth-order valence-electron chi connectivity index (χ4n) is 5.58. The number of amides is 1. The minimum atomic E-state index is -4.98. The number of nitrogens with zero attached hydrogens (tertiary/aromatic N) is 2. The molecule has 2 atom stereocenters. The van der Waals surface area contributed by atoms with Gasteiger partial charge in [-0.3, -0.25) is 24.1 Å². The molecule has 2 aromatic rings. The number of phenolic OH excluding ortho intramolecular Hbond substituents is 2. The minimum Gasteiger partial charge on any atom is -0.507 e. The molecule has 2 aliphatic carbocycles. The topological polar surface area (TPSA) is 165 Å². The Bertz CT molecular complexity index is 1500. The van der Waals surface area contributed by atoms with Crippen LogP contribution in [0.25, 0.3) is 0 Å². The van der Waals surface area contributed by atoms with Crippen molar-refractivity contribution in [1.29, 1.82) is 0 Å². The van der Waals surface area contributed by atoms with Gasteiger partial charge in [-0.15, -0.1) is 0 Å². The van der Waals surface area contributed by atoms with Crippen LogP contribution in [0.4, 0.5) is 13.2 Å². The number of aromatic hydroxyl groups is 2. The van der Waals surface area contributed by atoms with Crippen LogP contribution in [0.2, 0.25) is 0 Å². The Hall–Kier alpha value is -4.01. The van der Waals surface area contributed by atoms with Gasteiger partial charge in [-0.05, 0) is 13.0 Å². The first-order valence-corrected chi connectivity index (χ1v) is 12.6. The lowest BCUT2D eigenvalue weighted by Gasteiger charge is -2.36. The maximum absolute atomic E-state index is 13.7. The Balaban J connectivity index is 1.44. The number of halogens is 3. The van der Waals surface area contributed by atoms with Crippen molar-refractivity contribution < 1.29 is 57.5 Å². The summed E-state index contributed by atoms with van der Waals surface area (Å²) in [6.07, 6.45) is -7.62. The molecule has 4 N–H and O–H groups in total. The minimum absolute atomic E-state index is 0.0534. The summed E-state index contributed by atoms with van der Waals surface area (Å²) < 4.78 is 43.9. The molecule has 1 amide bonds. The number of phenols is 2. The lowest BCUT2D eigenvalue weighted by Crippen LogP contribution is -2.52. The molecule has 0 aromatic heterocycles. The second-order valence-corrected chi connectivity index (χ2v) is 10.3. The van der Waals surface area contributed by atoms with Gasteiger partial charge in [-0.25, -0.2) is 0 Å². The van der Waals surface area contributed by atoms with Crippen LogP contribution in [0.15, 0.2) is 18.2 Å². The van der Waals surface area contributed by atoms with E-state index >= 15 is 0 Å². The number of benzene rings is 2. The van der Waals surface area contributed by atoms with Crippen LogP contribution < -0.4 is 4.74 Å². The zero-order valence-electron chi connectivity index (χ0n) is 21.6.